The Balaban J connectivity index is 2.46. The van der Waals surface area contributed by atoms with Gasteiger partial charge in [-0.3, -0.25) is 9.59 Å². The molecular weight excluding hydrogens is 192 g/mol. The van der Waals surface area contributed by atoms with Crippen molar-refractivity contribution in [3.8, 4) is 5.75 Å². The molecule has 0 unspecified atom stereocenters. The zero-order valence-electron chi connectivity index (χ0n) is 8.58. The minimum atomic E-state index is -0.387. The van der Waals surface area contributed by atoms with Gasteiger partial charge in [-0.05, 0) is 24.5 Å². The van der Waals surface area contributed by atoms with Gasteiger partial charge in [0.1, 0.15) is 5.75 Å². The number of carbonyl (C=O) groups is 2. The van der Waals surface area contributed by atoms with Crippen molar-refractivity contribution in [3.63, 3.8) is 0 Å². The van der Waals surface area contributed by atoms with Crippen molar-refractivity contribution in [2.24, 2.45) is 0 Å². The lowest BCUT2D eigenvalue weighted by molar-refractivity contribution is -0.131. The molecule has 0 aliphatic heterocycles. The molecule has 0 saturated heterocycles. The number of hydrogen-bond donors (Lipinski definition) is 0. The summed E-state index contributed by atoms with van der Waals surface area (Å²) < 4.78 is 5.02. The Morgan fingerprint density at radius 2 is 2.13 bits per heavy atom. The molecule has 0 bridgehead atoms. The number of aryl methyl sites for hydroxylation is 1. The highest BCUT2D eigenvalue weighted by Gasteiger charge is 2.21. The molecule has 1 aromatic rings. The van der Waals surface area contributed by atoms with Crippen LogP contribution in [0.3, 0.4) is 0 Å². The van der Waals surface area contributed by atoms with Crippen LogP contribution in [0.15, 0.2) is 18.2 Å². The second-order valence-electron chi connectivity index (χ2n) is 3.66. The van der Waals surface area contributed by atoms with Crippen LogP contribution in [0, 0.1) is 0 Å². The van der Waals surface area contributed by atoms with Crippen LogP contribution in [0.2, 0.25) is 0 Å². The van der Waals surface area contributed by atoms with Crippen molar-refractivity contribution < 1.29 is 14.3 Å². The number of ketones is 1. The lowest BCUT2D eigenvalue weighted by Gasteiger charge is -2.17. The first-order valence-electron chi connectivity index (χ1n) is 5.02. The van der Waals surface area contributed by atoms with Crippen molar-refractivity contribution in [1.82, 2.24) is 0 Å². The van der Waals surface area contributed by atoms with E-state index >= 15 is 0 Å². The number of ether oxygens (including phenoxy) is 1. The van der Waals surface area contributed by atoms with Gasteiger partial charge in [-0.1, -0.05) is 12.1 Å². The van der Waals surface area contributed by atoms with Gasteiger partial charge in [0.15, 0.2) is 5.78 Å². The summed E-state index contributed by atoms with van der Waals surface area (Å²) >= 11 is 0. The molecule has 0 saturated carbocycles. The van der Waals surface area contributed by atoms with E-state index < -0.39 is 0 Å². The molecule has 1 aliphatic carbocycles. The second-order valence-corrected chi connectivity index (χ2v) is 3.66. The van der Waals surface area contributed by atoms with E-state index in [2.05, 4.69) is 0 Å². The molecule has 3 nitrogen and oxygen atoms in total. The van der Waals surface area contributed by atoms with E-state index in [0.717, 1.165) is 18.4 Å². The highest BCUT2D eigenvalue weighted by molar-refractivity contribution is 6.01. The van der Waals surface area contributed by atoms with Gasteiger partial charge >= 0.3 is 5.97 Å². The van der Waals surface area contributed by atoms with Crippen LogP contribution in [0.5, 0.6) is 5.75 Å². The summed E-state index contributed by atoms with van der Waals surface area (Å²) in [6.45, 7) is 1.34. The fraction of sp³-hybridized carbons (Fsp3) is 0.333. The van der Waals surface area contributed by atoms with Crippen LogP contribution in [0.1, 0.15) is 35.7 Å². The second kappa shape index (κ2) is 3.85. The van der Waals surface area contributed by atoms with E-state index in [1.807, 2.05) is 12.1 Å². The van der Waals surface area contributed by atoms with Gasteiger partial charge < -0.3 is 4.74 Å². The lowest BCUT2D eigenvalue weighted by atomic mass is 9.90. The molecule has 0 spiro atoms. The average molecular weight is 204 g/mol. The fourth-order valence-electron chi connectivity index (χ4n) is 1.91. The number of benzene rings is 1. The number of hydrogen-bond acceptors (Lipinski definition) is 3. The minimum Gasteiger partial charge on any atom is -0.426 e. The Hall–Kier alpha value is -1.64. The van der Waals surface area contributed by atoms with E-state index in [1.165, 1.54) is 6.92 Å². The first-order chi connectivity index (χ1) is 7.18. The largest absolute Gasteiger partial charge is 0.426 e. The molecule has 2 rings (SSSR count). The predicted molar refractivity (Wildman–Crippen MR) is 55.0 cm³/mol. The molecule has 0 radical (unpaired) electrons. The van der Waals surface area contributed by atoms with Gasteiger partial charge in [0.25, 0.3) is 0 Å². The fourth-order valence-corrected chi connectivity index (χ4v) is 1.91. The van der Waals surface area contributed by atoms with Gasteiger partial charge in [-0.15, -0.1) is 0 Å². The normalized spacial score (nSPS) is 14.6. The molecule has 0 atom stereocenters. The minimum absolute atomic E-state index is 0.0769. The summed E-state index contributed by atoms with van der Waals surface area (Å²) in [6.07, 6.45) is 2.32. The molecule has 0 aromatic heterocycles. The van der Waals surface area contributed by atoms with E-state index in [9.17, 15) is 9.59 Å². The molecule has 1 aromatic carbocycles. The van der Waals surface area contributed by atoms with E-state index in [-0.39, 0.29) is 11.8 Å². The number of esters is 1. The Bertz CT molecular complexity index is 421. The molecule has 0 fully saturated rings. The zero-order chi connectivity index (χ0) is 10.8. The Kier molecular flexibility index (Phi) is 2.54. The maximum Gasteiger partial charge on any atom is 0.308 e. The van der Waals surface area contributed by atoms with E-state index in [4.69, 9.17) is 4.74 Å². The van der Waals surface area contributed by atoms with Crippen molar-refractivity contribution in [2.45, 2.75) is 26.2 Å². The first kappa shape index (κ1) is 9.90. The smallest absolute Gasteiger partial charge is 0.308 e. The van der Waals surface area contributed by atoms with Gasteiger partial charge in [0.05, 0.1) is 5.56 Å². The van der Waals surface area contributed by atoms with Gasteiger partial charge in [-0.2, -0.15) is 0 Å². The van der Waals surface area contributed by atoms with Crippen LogP contribution in [0.25, 0.3) is 0 Å². The topological polar surface area (TPSA) is 43.4 Å². The van der Waals surface area contributed by atoms with Crippen molar-refractivity contribution >= 4 is 11.8 Å². The standard InChI is InChI=1S/C12H12O3/c1-8(13)15-11-7-3-5-9-4-2-6-10(14)12(9)11/h3,5,7H,2,4,6H2,1H3. The summed E-state index contributed by atoms with van der Waals surface area (Å²) in [6, 6.07) is 5.40. The van der Waals surface area contributed by atoms with E-state index in [1.54, 1.807) is 6.07 Å². The van der Waals surface area contributed by atoms with Crippen LogP contribution in [-0.2, 0) is 11.2 Å². The summed E-state index contributed by atoms with van der Waals surface area (Å²) in [4.78, 5) is 22.6. The summed E-state index contributed by atoms with van der Waals surface area (Å²) in [5.41, 5.74) is 1.59. The van der Waals surface area contributed by atoms with Crippen molar-refractivity contribution in [1.29, 1.82) is 0 Å². The number of Topliss-reactive ketones (excluding diaryl/α,β-unsaturated/α-hetero) is 1. The van der Waals surface area contributed by atoms with Gasteiger partial charge in [0, 0.05) is 13.3 Å². The molecule has 1 aliphatic rings. The lowest BCUT2D eigenvalue weighted by Crippen LogP contribution is -2.14. The Morgan fingerprint density at radius 3 is 2.87 bits per heavy atom. The zero-order valence-corrected chi connectivity index (χ0v) is 8.58. The van der Waals surface area contributed by atoms with Crippen LogP contribution >= 0.6 is 0 Å². The Morgan fingerprint density at radius 1 is 1.33 bits per heavy atom. The van der Waals surface area contributed by atoms with Crippen LogP contribution in [-0.4, -0.2) is 11.8 Å². The SMILES string of the molecule is CC(=O)Oc1cccc2c1C(=O)CCC2. The maximum atomic E-state index is 11.7. The average Bonchev–Trinajstić information content (AvgIpc) is 2.17. The number of fused-ring (bicyclic) bond motifs is 1. The highest BCUT2D eigenvalue weighted by atomic mass is 16.5. The predicted octanol–water partition coefficient (Wildman–Crippen LogP) is 2.13. The van der Waals surface area contributed by atoms with Gasteiger partial charge in [0.2, 0.25) is 0 Å². The quantitative estimate of drug-likeness (QED) is 0.520. The molecule has 3 heteroatoms. The summed E-state index contributed by atoms with van der Waals surface area (Å²) in [7, 11) is 0. The maximum absolute atomic E-state index is 11.7. The third-order valence-electron chi connectivity index (χ3n) is 2.50. The third-order valence-corrected chi connectivity index (χ3v) is 2.50. The van der Waals surface area contributed by atoms with Crippen molar-refractivity contribution in [2.75, 3.05) is 0 Å². The first-order valence-corrected chi connectivity index (χ1v) is 5.02. The highest BCUT2D eigenvalue weighted by Crippen LogP contribution is 2.29. The molecule has 15 heavy (non-hydrogen) atoms. The Labute approximate surface area is 88.1 Å². The van der Waals surface area contributed by atoms with Gasteiger partial charge in [-0.25, -0.2) is 0 Å². The number of carbonyl (C=O) groups excluding carboxylic acids is 2. The number of rotatable bonds is 1. The molecule has 0 amide bonds. The molecule has 0 N–H and O–H groups in total. The monoisotopic (exact) mass is 204 g/mol. The van der Waals surface area contributed by atoms with Crippen LogP contribution in [0.4, 0.5) is 0 Å². The van der Waals surface area contributed by atoms with Crippen LogP contribution < -0.4 is 4.74 Å². The van der Waals surface area contributed by atoms with Crippen molar-refractivity contribution in [3.05, 3.63) is 29.3 Å². The molecule has 0 heterocycles. The summed E-state index contributed by atoms with van der Waals surface area (Å²) in [5, 5.41) is 0. The summed E-state index contributed by atoms with van der Waals surface area (Å²) in [5.74, 6) is 0.0968. The van der Waals surface area contributed by atoms with E-state index in [0.29, 0.717) is 17.7 Å². The third kappa shape index (κ3) is 1.91. The molecule has 78 valence electrons. The molecular formula is C12H12O3.